The van der Waals surface area contributed by atoms with Crippen molar-refractivity contribution in [1.82, 2.24) is 15.2 Å². The number of oxime groups is 1. The second-order valence-electron chi connectivity index (χ2n) is 6.57. The van der Waals surface area contributed by atoms with E-state index in [1.165, 1.54) is 23.2 Å². The minimum absolute atomic E-state index is 0.0752. The van der Waals surface area contributed by atoms with Gasteiger partial charge in [-0.2, -0.15) is 8.42 Å². The lowest BCUT2D eigenvalue weighted by atomic mass is 10.0. The Hall–Kier alpha value is -3.28. The van der Waals surface area contributed by atoms with Gasteiger partial charge in [0.2, 0.25) is 0 Å². The first-order chi connectivity index (χ1) is 15.7. The van der Waals surface area contributed by atoms with Crippen LogP contribution in [0.1, 0.15) is 12.6 Å². The second kappa shape index (κ2) is 10.8. The summed E-state index contributed by atoms with van der Waals surface area (Å²) in [6.45, 7) is 4.68. The zero-order chi connectivity index (χ0) is 25.8. The highest BCUT2D eigenvalue weighted by Crippen LogP contribution is 2.40. The van der Waals surface area contributed by atoms with E-state index < -0.39 is 45.3 Å². The molecule has 34 heavy (non-hydrogen) atoms. The number of carbonyl (C=O) groups excluding carboxylic acids is 3. The number of nitrogen functional groups attached to an aromatic ring is 1. The Bertz CT molecular complexity index is 1200. The number of amides is 2. The molecule has 5 N–H and O–H groups in total. The van der Waals surface area contributed by atoms with Gasteiger partial charge in [-0.05, 0) is 5.57 Å². The molecule has 2 aliphatic heterocycles. The van der Waals surface area contributed by atoms with E-state index in [0.29, 0.717) is 17.6 Å². The molecule has 1 saturated heterocycles. The third-order valence-electron chi connectivity index (χ3n) is 3.98. The zero-order valence-electron chi connectivity index (χ0n) is 17.6. The van der Waals surface area contributed by atoms with Crippen molar-refractivity contribution in [2.75, 3.05) is 17.7 Å². The van der Waals surface area contributed by atoms with Gasteiger partial charge in [0.15, 0.2) is 10.8 Å². The number of carbonyl (C=O) groups is 4. The summed E-state index contributed by atoms with van der Waals surface area (Å²) in [6.07, 6.45) is 2.11. The molecule has 184 valence electrons. The first-order valence-corrected chi connectivity index (χ1v) is 12.8. The number of carboxylic acid groups (broad SMARTS) is 1. The van der Waals surface area contributed by atoms with Crippen molar-refractivity contribution in [2.24, 2.45) is 5.16 Å². The number of aromatic nitrogens is 1. The standard InChI is InChI=1S/C16H15N5O6S2.CH4O3S/c1-3-7-4-28-14-10(13(24)21(14)11(7)15(25)26)19-12(23)9(20-27-6(2)22)8-5-29-16(17)18-8;1-5(2,3)4/h3,5,10,14H,1,4H2,2H3,(H2,17,18)(H,19,23)(H,25,26);1H3,(H,2,3,4)/t10?,14-;/m0./s1. The number of hydrogen-bond acceptors (Lipinski definition) is 12. The fourth-order valence-electron chi connectivity index (χ4n) is 2.72. The minimum atomic E-state index is -3.67. The number of carboxylic acids is 1. The summed E-state index contributed by atoms with van der Waals surface area (Å²) in [7, 11) is -3.67. The molecule has 1 aromatic rings. The van der Waals surface area contributed by atoms with Crippen LogP contribution in [0.4, 0.5) is 5.13 Å². The largest absolute Gasteiger partial charge is 0.477 e. The van der Waals surface area contributed by atoms with Crippen molar-refractivity contribution >= 4 is 67.8 Å². The molecule has 1 aromatic heterocycles. The molecule has 1 unspecified atom stereocenters. The molecule has 0 radical (unpaired) electrons. The maximum atomic E-state index is 12.7. The summed E-state index contributed by atoms with van der Waals surface area (Å²) >= 11 is 2.34. The van der Waals surface area contributed by atoms with E-state index in [4.69, 9.17) is 10.3 Å². The number of thioether (sulfide) groups is 1. The van der Waals surface area contributed by atoms with Gasteiger partial charge in [-0.1, -0.05) is 17.8 Å². The minimum Gasteiger partial charge on any atom is -0.477 e. The van der Waals surface area contributed by atoms with E-state index >= 15 is 0 Å². The fraction of sp³-hybridized carbons (Fsp3) is 0.294. The summed E-state index contributed by atoms with van der Waals surface area (Å²) in [5, 5.41) is 16.5. The van der Waals surface area contributed by atoms with Crippen molar-refractivity contribution in [3.63, 3.8) is 0 Å². The molecule has 1 fully saturated rings. The number of anilines is 1. The van der Waals surface area contributed by atoms with Gasteiger partial charge in [0.1, 0.15) is 22.8 Å². The highest BCUT2D eigenvalue weighted by molar-refractivity contribution is 8.00. The number of fused-ring (bicyclic) bond motifs is 1. The smallest absolute Gasteiger partial charge is 0.352 e. The number of nitrogens with one attached hydrogen (secondary N) is 1. The lowest BCUT2D eigenvalue weighted by molar-refractivity contribution is -0.150. The molecular weight excluding hydrogens is 514 g/mol. The molecule has 0 aromatic carbocycles. The van der Waals surface area contributed by atoms with E-state index in [1.54, 1.807) is 0 Å². The normalized spacial score (nSPS) is 19.8. The number of rotatable bonds is 6. The Morgan fingerprint density at radius 1 is 1.44 bits per heavy atom. The van der Waals surface area contributed by atoms with E-state index in [1.807, 2.05) is 0 Å². The van der Waals surface area contributed by atoms with Gasteiger partial charge in [-0.15, -0.1) is 23.1 Å². The summed E-state index contributed by atoms with van der Waals surface area (Å²) in [4.78, 5) is 57.4. The van der Waals surface area contributed by atoms with Gasteiger partial charge in [0.05, 0.1) is 6.26 Å². The van der Waals surface area contributed by atoms with E-state index in [-0.39, 0.29) is 22.2 Å². The van der Waals surface area contributed by atoms with Crippen molar-refractivity contribution in [2.45, 2.75) is 18.3 Å². The van der Waals surface area contributed by atoms with Crippen LogP contribution in [0, 0.1) is 0 Å². The Kier molecular flexibility index (Phi) is 8.54. The Morgan fingerprint density at radius 3 is 2.53 bits per heavy atom. The van der Waals surface area contributed by atoms with Crippen molar-refractivity contribution in [1.29, 1.82) is 0 Å². The zero-order valence-corrected chi connectivity index (χ0v) is 20.1. The van der Waals surface area contributed by atoms with Gasteiger partial charge in [0.25, 0.3) is 21.9 Å². The van der Waals surface area contributed by atoms with Crippen LogP contribution in [-0.2, 0) is 34.1 Å². The number of thiazole rings is 1. The first kappa shape index (κ1) is 27.0. The fourth-order valence-corrected chi connectivity index (χ4v) is 4.61. The number of nitrogens with zero attached hydrogens (tertiary/aromatic N) is 3. The predicted molar refractivity (Wildman–Crippen MR) is 122 cm³/mol. The van der Waals surface area contributed by atoms with E-state index in [9.17, 15) is 32.7 Å². The molecular formula is C17H19N5O9S3. The lowest BCUT2D eigenvalue weighted by Crippen LogP contribution is -2.71. The average Bonchev–Trinajstić information content (AvgIpc) is 3.15. The third kappa shape index (κ3) is 6.62. The summed E-state index contributed by atoms with van der Waals surface area (Å²) < 4.78 is 25.9. The maximum absolute atomic E-state index is 12.7. The number of allylic oxidation sites excluding steroid dienone is 1. The van der Waals surface area contributed by atoms with Crippen LogP contribution >= 0.6 is 23.1 Å². The third-order valence-corrected chi connectivity index (χ3v) is 5.95. The molecule has 2 aliphatic rings. The van der Waals surface area contributed by atoms with Gasteiger partial charge in [-0.3, -0.25) is 19.0 Å². The highest BCUT2D eigenvalue weighted by Gasteiger charge is 2.54. The van der Waals surface area contributed by atoms with Crippen molar-refractivity contribution in [3.05, 3.63) is 35.0 Å². The molecule has 0 aliphatic carbocycles. The summed E-state index contributed by atoms with van der Waals surface area (Å²) in [5.41, 5.74) is 5.58. The maximum Gasteiger partial charge on any atom is 0.352 e. The number of β-lactam (4-membered cyclic amide) rings is 1. The van der Waals surface area contributed by atoms with E-state index in [2.05, 4.69) is 26.9 Å². The molecule has 0 saturated carbocycles. The first-order valence-electron chi connectivity index (χ1n) is 8.98. The molecule has 0 spiro atoms. The highest BCUT2D eigenvalue weighted by atomic mass is 32.2. The second-order valence-corrected chi connectivity index (χ2v) is 10.0. The quantitative estimate of drug-likeness (QED) is 0.119. The van der Waals surface area contributed by atoms with Crippen LogP contribution in [0.2, 0.25) is 0 Å². The van der Waals surface area contributed by atoms with Crippen LogP contribution in [0.5, 0.6) is 0 Å². The van der Waals surface area contributed by atoms with E-state index in [0.717, 1.165) is 23.2 Å². The Labute approximate surface area is 201 Å². The van der Waals surface area contributed by atoms with Crippen molar-refractivity contribution < 1.29 is 42.1 Å². The van der Waals surface area contributed by atoms with Crippen LogP contribution in [-0.4, -0.2) is 80.8 Å². The van der Waals surface area contributed by atoms with Gasteiger partial charge in [0, 0.05) is 18.1 Å². The van der Waals surface area contributed by atoms with Gasteiger partial charge in [-0.25, -0.2) is 14.6 Å². The Balaban J connectivity index is 0.000000739. The topological polar surface area (TPSA) is 219 Å². The predicted octanol–water partition coefficient (Wildman–Crippen LogP) is -0.579. The number of hydrogen-bond donors (Lipinski definition) is 4. The monoisotopic (exact) mass is 533 g/mol. The molecule has 0 bridgehead atoms. The number of aliphatic carboxylic acids is 1. The van der Waals surface area contributed by atoms with Gasteiger partial charge < -0.3 is 21.0 Å². The lowest BCUT2D eigenvalue weighted by Gasteiger charge is -2.49. The number of nitrogens with two attached hydrogens (primary N) is 1. The molecule has 14 nitrogen and oxygen atoms in total. The van der Waals surface area contributed by atoms with Crippen LogP contribution in [0.25, 0.3) is 0 Å². The molecule has 3 rings (SSSR count). The summed E-state index contributed by atoms with van der Waals surface area (Å²) in [5.74, 6) is -3.08. The molecule has 3 heterocycles. The SMILES string of the molecule is C=CC1=C(C(=O)O)N2C(=O)C(NC(=O)C(=NOC(C)=O)c3csc(N)n3)[C@@H]2SC1.CS(=O)(=O)O. The van der Waals surface area contributed by atoms with Crippen LogP contribution in [0.15, 0.2) is 34.5 Å². The molecule has 2 amide bonds. The van der Waals surface area contributed by atoms with Crippen LogP contribution < -0.4 is 11.1 Å². The Morgan fingerprint density at radius 2 is 2.06 bits per heavy atom. The van der Waals surface area contributed by atoms with Crippen LogP contribution in [0.3, 0.4) is 0 Å². The summed E-state index contributed by atoms with van der Waals surface area (Å²) in [6, 6.07) is -0.980. The molecule has 17 heteroatoms. The van der Waals surface area contributed by atoms with Gasteiger partial charge >= 0.3 is 11.9 Å². The average molecular weight is 534 g/mol. The molecule has 2 atom stereocenters. The van der Waals surface area contributed by atoms with Crippen molar-refractivity contribution in [3.8, 4) is 0 Å².